The summed E-state index contributed by atoms with van der Waals surface area (Å²) in [5.74, 6) is 0.417. The number of carbonyl (C=O) groups excluding carboxylic acids is 2. The van der Waals surface area contributed by atoms with Crippen molar-refractivity contribution in [3.05, 3.63) is 63.8 Å². The van der Waals surface area contributed by atoms with Gasteiger partial charge in [-0.25, -0.2) is 0 Å². The molecule has 2 aliphatic heterocycles. The van der Waals surface area contributed by atoms with Crippen LogP contribution in [0.5, 0.6) is 11.5 Å². The fourth-order valence-corrected chi connectivity index (χ4v) is 5.16. The number of hydrogen-bond acceptors (Lipinski definition) is 6. The molecule has 0 spiro atoms. The zero-order valence-corrected chi connectivity index (χ0v) is 24.2. The lowest BCUT2D eigenvalue weighted by Gasteiger charge is -2.35. The van der Waals surface area contributed by atoms with E-state index < -0.39 is 6.04 Å². The zero-order valence-electron chi connectivity index (χ0n) is 22.6. The van der Waals surface area contributed by atoms with Gasteiger partial charge in [-0.1, -0.05) is 23.7 Å². The first-order chi connectivity index (χ1) is 18.5. The first kappa shape index (κ1) is 28.7. The summed E-state index contributed by atoms with van der Waals surface area (Å²) >= 11 is 11.6. The number of amides is 2. The van der Waals surface area contributed by atoms with E-state index >= 15 is 0 Å². The van der Waals surface area contributed by atoms with Gasteiger partial charge in [-0.15, -0.1) is 0 Å². The molecule has 208 valence electrons. The number of aryl methyl sites for hydroxylation is 1. The minimum atomic E-state index is -0.555. The highest BCUT2D eigenvalue weighted by Gasteiger charge is 2.31. The lowest BCUT2D eigenvalue weighted by molar-refractivity contribution is -0.145. The van der Waals surface area contributed by atoms with Crippen molar-refractivity contribution in [1.29, 1.82) is 0 Å². The van der Waals surface area contributed by atoms with Gasteiger partial charge in [0.2, 0.25) is 0 Å². The van der Waals surface area contributed by atoms with Gasteiger partial charge in [0.05, 0.1) is 30.9 Å². The number of halogens is 1. The highest BCUT2D eigenvalue weighted by molar-refractivity contribution is 7.80. The smallest absolute Gasteiger partial charge is 0.260 e. The van der Waals surface area contributed by atoms with E-state index in [1.807, 2.05) is 32.9 Å². The van der Waals surface area contributed by atoms with Gasteiger partial charge in [0, 0.05) is 29.5 Å². The molecule has 3 atom stereocenters. The van der Waals surface area contributed by atoms with Crippen LogP contribution in [0.2, 0.25) is 5.02 Å². The molecule has 2 heterocycles. The molecule has 1 saturated heterocycles. The van der Waals surface area contributed by atoms with Crippen LogP contribution in [0.1, 0.15) is 37.9 Å². The number of nitrogens with zero attached hydrogens (tertiary/aromatic N) is 1. The molecule has 2 aromatic rings. The largest absolute Gasteiger partial charge is 0.493 e. The van der Waals surface area contributed by atoms with E-state index in [-0.39, 0.29) is 30.6 Å². The van der Waals surface area contributed by atoms with Gasteiger partial charge < -0.3 is 35.1 Å². The third-order valence-electron chi connectivity index (χ3n) is 6.59. The molecular formula is C28H33ClN4O5S. The van der Waals surface area contributed by atoms with E-state index in [4.69, 9.17) is 38.0 Å². The van der Waals surface area contributed by atoms with Gasteiger partial charge >= 0.3 is 0 Å². The average molecular weight is 573 g/mol. The van der Waals surface area contributed by atoms with Crippen molar-refractivity contribution in [2.45, 2.75) is 45.9 Å². The number of anilines is 1. The first-order valence-electron chi connectivity index (χ1n) is 12.7. The van der Waals surface area contributed by atoms with E-state index in [9.17, 15) is 9.59 Å². The molecular weight excluding hydrogens is 540 g/mol. The van der Waals surface area contributed by atoms with Crippen LogP contribution < -0.4 is 25.4 Å². The van der Waals surface area contributed by atoms with E-state index in [0.717, 1.165) is 11.1 Å². The number of hydrogen-bond donors (Lipinski definition) is 3. The fraction of sp³-hybridized carbons (Fsp3) is 0.393. The van der Waals surface area contributed by atoms with Crippen LogP contribution >= 0.6 is 23.8 Å². The van der Waals surface area contributed by atoms with Gasteiger partial charge in [-0.2, -0.15) is 0 Å². The molecule has 2 aliphatic rings. The Morgan fingerprint density at radius 3 is 2.51 bits per heavy atom. The van der Waals surface area contributed by atoms with Crippen molar-refractivity contribution < 1.29 is 23.8 Å². The summed E-state index contributed by atoms with van der Waals surface area (Å²) in [4.78, 5) is 27.9. The molecule has 1 fully saturated rings. The van der Waals surface area contributed by atoms with E-state index in [2.05, 4.69) is 16.0 Å². The SMILES string of the molecule is COc1cc([C@@H]2NC(=S)NC(C)=C2C(=O)Nc2ccc(C)c(Cl)c2)ccc1OCC(=O)N1C[C@H](C)O[C@@H](C)C1. The molecule has 0 bridgehead atoms. The lowest BCUT2D eigenvalue weighted by atomic mass is 9.94. The number of nitrogens with one attached hydrogen (secondary N) is 3. The maximum absolute atomic E-state index is 13.4. The average Bonchev–Trinajstić information content (AvgIpc) is 2.88. The standard InChI is InChI=1S/C28H33ClN4O5S/c1-15-6-8-20(11-21(15)29)31-27(35)25-18(4)30-28(39)32-26(25)19-7-9-22(23(10-19)36-5)37-14-24(34)33-12-16(2)38-17(3)13-33/h6-11,16-17,26H,12-14H2,1-5H3,(H,31,35)(H2,30,32,39)/t16-,17-,26-/m0/s1. The number of rotatable bonds is 7. The first-order valence-corrected chi connectivity index (χ1v) is 13.4. The number of ether oxygens (including phenoxy) is 3. The number of carbonyl (C=O) groups is 2. The highest BCUT2D eigenvalue weighted by atomic mass is 35.5. The van der Waals surface area contributed by atoms with Crippen LogP contribution in [-0.4, -0.2) is 60.8 Å². The predicted molar refractivity (Wildman–Crippen MR) is 154 cm³/mol. The molecule has 9 nitrogen and oxygen atoms in total. The maximum Gasteiger partial charge on any atom is 0.260 e. The monoisotopic (exact) mass is 572 g/mol. The summed E-state index contributed by atoms with van der Waals surface area (Å²) in [6.07, 6.45) is -0.0537. The van der Waals surface area contributed by atoms with E-state index in [1.165, 1.54) is 7.11 Å². The molecule has 0 aliphatic carbocycles. The molecule has 2 amide bonds. The highest BCUT2D eigenvalue weighted by Crippen LogP contribution is 2.35. The molecule has 39 heavy (non-hydrogen) atoms. The molecule has 0 aromatic heterocycles. The minimum absolute atomic E-state index is 0.0269. The fourth-order valence-electron chi connectivity index (χ4n) is 4.71. The van der Waals surface area contributed by atoms with Crippen molar-refractivity contribution >= 4 is 46.4 Å². The normalized spacial score (nSPS) is 21.1. The lowest BCUT2D eigenvalue weighted by Crippen LogP contribution is -2.49. The van der Waals surface area contributed by atoms with Crippen molar-refractivity contribution in [3.8, 4) is 11.5 Å². The molecule has 11 heteroatoms. The van der Waals surface area contributed by atoms with Crippen molar-refractivity contribution in [2.75, 3.05) is 32.1 Å². The molecule has 4 rings (SSSR count). The number of thiocarbonyl (C=S) groups is 1. The third-order valence-corrected chi connectivity index (χ3v) is 7.22. The Hall–Kier alpha value is -3.34. The Balaban J connectivity index is 1.53. The second-order valence-corrected chi connectivity index (χ2v) is 10.6. The molecule has 2 aromatic carbocycles. The maximum atomic E-state index is 13.4. The van der Waals surface area contributed by atoms with Crippen LogP contribution in [0.15, 0.2) is 47.7 Å². The Morgan fingerprint density at radius 1 is 1.13 bits per heavy atom. The summed E-state index contributed by atoms with van der Waals surface area (Å²) in [6, 6.07) is 10.1. The predicted octanol–water partition coefficient (Wildman–Crippen LogP) is 4.10. The number of methoxy groups -OCH3 is 1. The van der Waals surface area contributed by atoms with Gasteiger partial charge in [0.1, 0.15) is 0 Å². The number of allylic oxidation sites excluding steroid dienone is 1. The Morgan fingerprint density at radius 2 is 1.85 bits per heavy atom. The quantitative estimate of drug-likeness (QED) is 0.426. The molecule has 0 unspecified atom stereocenters. The van der Waals surface area contributed by atoms with Crippen LogP contribution in [0.3, 0.4) is 0 Å². The Labute approximate surface area is 238 Å². The Bertz CT molecular complexity index is 1310. The van der Waals surface area contributed by atoms with Gasteiger partial charge in [-0.3, -0.25) is 9.59 Å². The van der Waals surface area contributed by atoms with Crippen molar-refractivity contribution in [1.82, 2.24) is 15.5 Å². The van der Waals surface area contributed by atoms with Gasteiger partial charge in [-0.05, 0) is 75.3 Å². The molecule has 3 N–H and O–H groups in total. The zero-order chi connectivity index (χ0) is 28.3. The van der Waals surface area contributed by atoms with Crippen LogP contribution in [0, 0.1) is 6.92 Å². The molecule has 0 saturated carbocycles. The summed E-state index contributed by atoms with van der Waals surface area (Å²) in [7, 11) is 1.52. The van der Waals surface area contributed by atoms with Crippen LogP contribution in [-0.2, 0) is 14.3 Å². The minimum Gasteiger partial charge on any atom is -0.493 e. The van der Waals surface area contributed by atoms with Crippen molar-refractivity contribution in [3.63, 3.8) is 0 Å². The summed E-state index contributed by atoms with van der Waals surface area (Å²) in [5, 5.41) is 10.1. The molecule has 0 radical (unpaired) electrons. The second-order valence-electron chi connectivity index (χ2n) is 9.74. The summed E-state index contributed by atoms with van der Waals surface area (Å²) in [5.41, 5.74) is 3.31. The summed E-state index contributed by atoms with van der Waals surface area (Å²) in [6.45, 7) is 8.50. The Kier molecular flexibility index (Phi) is 8.99. The van der Waals surface area contributed by atoms with E-state index in [0.29, 0.717) is 51.7 Å². The summed E-state index contributed by atoms with van der Waals surface area (Å²) < 4.78 is 17.1. The second kappa shape index (κ2) is 12.2. The van der Waals surface area contributed by atoms with Gasteiger partial charge in [0.15, 0.2) is 23.2 Å². The number of benzene rings is 2. The number of morpholine rings is 1. The van der Waals surface area contributed by atoms with Crippen molar-refractivity contribution in [2.24, 2.45) is 0 Å². The van der Waals surface area contributed by atoms with Gasteiger partial charge in [0.25, 0.3) is 11.8 Å². The van der Waals surface area contributed by atoms with E-state index in [1.54, 1.807) is 36.1 Å². The van der Waals surface area contributed by atoms with Crippen LogP contribution in [0.25, 0.3) is 0 Å². The topological polar surface area (TPSA) is 101 Å². The van der Waals surface area contributed by atoms with Crippen LogP contribution in [0.4, 0.5) is 5.69 Å². The third kappa shape index (κ3) is 6.81.